The van der Waals surface area contributed by atoms with E-state index in [4.69, 9.17) is 8.83 Å². The quantitative estimate of drug-likeness (QED) is 0.847. The molecular formula is C13H18N2O4S. The first-order valence-electron chi connectivity index (χ1n) is 6.20. The van der Waals surface area contributed by atoms with Crippen LogP contribution in [0.2, 0.25) is 0 Å². The van der Waals surface area contributed by atoms with Gasteiger partial charge in [-0.1, -0.05) is 0 Å². The van der Waals surface area contributed by atoms with Crippen LogP contribution < -0.4 is 10.0 Å². The zero-order chi connectivity index (χ0) is 14.8. The minimum Gasteiger partial charge on any atom is -0.472 e. The van der Waals surface area contributed by atoms with Crippen LogP contribution in [0.1, 0.15) is 22.6 Å². The fourth-order valence-electron chi connectivity index (χ4n) is 2.09. The lowest BCUT2D eigenvalue weighted by Crippen LogP contribution is -2.25. The molecule has 0 unspecified atom stereocenters. The fraction of sp³-hybridized carbons (Fsp3) is 0.385. The van der Waals surface area contributed by atoms with Gasteiger partial charge in [0.15, 0.2) is 0 Å². The van der Waals surface area contributed by atoms with Crippen molar-refractivity contribution in [2.45, 2.75) is 31.8 Å². The molecule has 2 heterocycles. The van der Waals surface area contributed by atoms with Gasteiger partial charge in [0.05, 0.1) is 12.5 Å². The number of aryl methyl sites for hydroxylation is 2. The van der Waals surface area contributed by atoms with Gasteiger partial charge in [0.1, 0.15) is 16.4 Å². The Morgan fingerprint density at radius 2 is 1.95 bits per heavy atom. The van der Waals surface area contributed by atoms with Crippen molar-refractivity contribution in [1.82, 2.24) is 10.0 Å². The lowest BCUT2D eigenvalue weighted by molar-refractivity contribution is 0.493. The van der Waals surface area contributed by atoms with Crippen molar-refractivity contribution in [3.63, 3.8) is 0 Å². The topological polar surface area (TPSA) is 84.5 Å². The van der Waals surface area contributed by atoms with Crippen LogP contribution in [-0.2, 0) is 23.1 Å². The summed E-state index contributed by atoms with van der Waals surface area (Å²) in [5.41, 5.74) is 1.42. The van der Waals surface area contributed by atoms with E-state index in [0.29, 0.717) is 23.6 Å². The third-order valence-corrected chi connectivity index (χ3v) is 4.59. The van der Waals surface area contributed by atoms with Crippen LogP contribution in [0.3, 0.4) is 0 Å². The molecule has 2 aromatic rings. The Morgan fingerprint density at radius 1 is 1.20 bits per heavy atom. The van der Waals surface area contributed by atoms with E-state index in [1.807, 2.05) is 0 Å². The second kappa shape index (κ2) is 5.82. The van der Waals surface area contributed by atoms with Gasteiger partial charge in [0, 0.05) is 24.2 Å². The van der Waals surface area contributed by atoms with Crippen molar-refractivity contribution in [1.29, 1.82) is 0 Å². The largest absolute Gasteiger partial charge is 0.472 e. The van der Waals surface area contributed by atoms with Crippen LogP contribution in [0.25, 0.3) is 0 Å². The van der Waals surface area contributed by atoms with E-state index in [0.717, 1.165) is 5.56 Å². The molecule has 7 heteroatoms. The van der Waals surface area contributed by atoms with Crippen LogP contribution in [0, 0.1) is 13.8 Å². The normalized spacial score (nSPS) is 11.9. The number of sulfonamides is 1. The van der Waals surface area contributed by atoms with Gasteiger partial charge in [0.25, 0.3) is 0 Å². The molecule has 0 spiro atoms. The Hall–Kier alpha value is -1.57. The predicted octanol–water partition coefficient (Wildman–Crippen LogP) is 1.69. The molecule has 2 N–H and O–H groups in total. The number of furan rings is 2. The van der Waals surface area contributed by atoms with Crippen molar-refractivity contribution in [2.24, 2.45) is 0 Å². The van der Waals surface area contributed by atoms with E-state index in [2.05, 4.69) is 10.0 Å². The highest BCUT2D eigenvalue weighted by atomic mass is 32.2. The minimum absolute atomic E-state index is 0.182. The molecule has 110 valence electrons. The third-order valence-electron chi connectivity index (χ3n) is 2.99. The van der Waals surface area contributed by atoms with Crippen molar-refractivity contribution >= 4 is 10.0 Å². The maximum atomic E-state index is 12.4. The first kappa shape index (κ1) is 14.8. The van der Waals surface area contributed by atoms with E-state index in [-0.39, 0.29) is 11.4 Å². The Labute approximate surface area is 118 Å². The van der Waals surface area contributed by atoms with Gasteiger partial charge >= 0.3 is 0 Å². The van der Waals surface area contributed by atoms with Gasteiger partial charge in [-0.2, -0.15) is 0 Å². The van der Waals surface area contributed by atoms with E-state index < -0.39 is 10.0 Å². The number of nitrogens with one attached hydrogen (secondary N) is 2. The summed E-state index contributed by atoms with van der Waals surface area (Å²) in [7, 11) is -1.86. The van der Waals surface area contributed by atoms with E-state index in [1.165, 1.54) is 12.5 Å². The Kier molecular flexibility index (Phi) is 4.32. The summed E-state index contributed by atoms with van der Waals surface area (Å²) in [6, 6.07) is 1.71. The molecule has 0 amide bonds. The van der Waals surface area contributed by atoms with Gasteiger partial charge in [0.2, 0.25) is 10.0 Å². The average molecular weight is 298 g/mol. The van der Waals surface area contributed by atoms with Crippen LogP contribution in [-0.4, -0.2) is 15.5 Å². The maximum Gasteiger partial charge on any atom is 0.244 e. The van der Waals surface area contributed by atoms with Crippen molar-refractivity contribution < 1.29 is 17.3 Å². The van der Waals surface area contributed by atoms with Gasteiger partial charge in [-0.15, -0.1) is 0 Å². The molecule has 0 fully saturated rings. The lowest BCUT2D eigenvalue weighted by Gasteiger charge is -2.07. The van der Waals surface area contributed by atoms with Crippen LogP contribution >= 0.6 is 0 Å². The molecule has 0 radical (unpaired) electrons. The Balaban J connectivity index is 2.29. The molecule has 0 saturated heterocycles. The monoisotopic (exact) mass is 298 g/mol. The molecule has 0 aliphatic heterocycles. The molecular weight excluding hydrogens is 280 g/mol. The van der Waals surface area contributed by atoms with Gasteiger partial charge in [-0.3, -0.25) is 0 Å². The van der Waals surface area contributed by atoms with E-state index in [9.17, 15) is 8.42 Å². The molecule has 6 nitrogen and oxygen atoms in total. The summed E-state index contributed by atoms with van der Waals surface area (Å²) in [6.07, 6.45) is 3.01. The van der Waals surface area contributed by atoms with Gasteiger partial charge in [-0.25, -0.2) is 13.1 Å². The molecule has 0 aromatic carbocycles. The molecule has 0 aliphatic rings. The first-order valence-corrected chi connectivity index (χ1v) is 7.68. The second-order valence-electron chi connectivity index (χ2n) is 4.51. The summed E-state index contributed by atoms with van der Waals surface area (Å²) in [5, 5.41) is 2.95. The maximum absolute atomic E-state index is 12.4. The molecule has 0 bridgehead atoms. The SMILES string of the molecule is CNCc1c(C)oc(C)c1S(=O)(=O)NCc1ccoc1. The first-order chi connectivity index (χ1) is 9.45. The predicted molar refractivity (Wildman–Crippen MR) is 73.7 cm³/mol. The minimum atomic E-state index is -3.62. The third kappa shape index (κ3) is 2.95. The summed E-state index contributed by atoms with van der Waals surface area (Å²) < 4.78 is 37.8. The number of hydrogen-bond acceptors (Lipinski definition) is 5. The molecule has 0 aliphatic carbocycles. The fourth-order valence-corrected chi connectivity index (χ4v) is 3.55. The van der Waals surface area contributed by atoms with Crippen molar-refractivity contribution in [3.05, 3.63) is 41.2 Å². The lowest BCUT2D eigenvalue weighted by atomic mass is 10.2. The average Bonchev–Trinajstić information content (AvgIpc) is 2.97. The standard InChI is InChI=1S/C13H18N2O4S/c1-9-12(7-14-3)13(10(2)19-9)20(16,17)15-6-11-4-5-18-8-11/h4-5,8,14-15H,6-7H2,1-3H3. The highest BCUT2D eigenvalue weighted by Crippen LogP contribution is 2.26. The van der Waals surface area contributed by atoms with E-state index in [1.54, 1.807) is 27.0 Å². The molecule has 2 aromatic heterocycles. The Morgan fingerprint density at radius 3 is 2.55 bits per heavy atom. The highest BCUT2D eigenvalue weighted by Gasteiger charge is 2.26. The van der Waals surface area contributed by atoms with Gasteiger partial charge in [-0.05, 0) is 27.0 Å². The zero-order valence-electron chi connectivity index (χ0n) is 11.7. The van der Waals surface area contributed by atoms with Crippen molar-refractivity contribution in [2.75, 3.05) is 7.05 Å². The van der Waals surface area contributed by atoms with E-state index >= 15 is 0 Å². The van der Waals surface area contributed by atoms with Crippen LogP contribution in [0.4, 0.5) is 0 Å². The number of rotatable bonds is 6. The molecule has 0 atom stereocenters. The summed E-state index contributed by atoms with van der Waals surface area (Å²) >= 11 is 0. The second-order valence-corrected chi connectivity index (χ2v) is 6.21. The van der Waals surface area contributed by atoms with Gasteiger partial charge < -0.3 is 14.2 Å². The van der Waals surface area contributed by atoms with Crippen LogP contribution in [0.5, 0.6) is 0 Å². The number of hydrogen-bond donors (Lipinski definition) is 2. The summed E-state index contributed by atoms with van der Waals surface area (Å²) in [4.78, 5) is 0.216. The summed E-state index contributed by atoms with van der Waals surface area (Å²) in [6.45, 7) is 4.03. The molecule has 20 heavy (non-hydrogen) atoms. The van der Waals surface area contributed by atoms with Crippen LogP contribution in [0.15, 0.2) is 32.3 Å². The zero-order valence-corrected chi connectivity index (χ0v) is 12.5. The molecule has 2 rings (SSSR count). The van der Waals surface area contributed by atoms with Crippen molar-refractivity contribution in [3.8, 4) is 0 Å². The smallest absolute Gasteiger partial charge is 0.244 e. The Bertz CT molecular complexity index is 672. The summed E-state index contributed by atoms with van der Waals surface area (Å²) in [5.74, 6) is 1.01. The molecule has 0 saturated carbocycles. The highest BCUT2D eigenvalue weighted by molar-refractivity contribution is 7.89.